The standard InChI is InChI=1S/C11H23NO/c1-11(2,9-13)8-12(3)10-6-4-5-7-10/h10,13H,4-9H2,1-3H3. The fraction of sp³-hybridized carbons (Fsp3) is 1.00. The fourth-order valence-electron chi connectivity index (χ4n) is 2.20. The van der Waals surface area contributed by atoms with Crippen molar-refractivity contribution in [3.05, 3.63) is 0 Å². The zero-order chi connectivity index (χ0) is 9.90. The van der Waals surface area contributed by atoms with Gasteiger partial charge in [-0.1, -0.05) is 26.7 Å². The van der Waals surface area contributed by atoms with Crippen molar-refractivity contribution in [2.45, 2.75) is 45.6 Å². The van der Waals surface area contributed by atoms with E-state index < -0.39 is 0 Å². The number of rotatable bonds is 4. The lowest BCUT2D eigenvalue weighted by molar-refractivity contribution is 0.0959. The van der Waals surface area contributed by atoms with Crippen LogP contribution < -0.4 is 0 Å². The van der Waals surface area contributed by atoms with Crippen molar-refractivity contribution in [2.75, 3.05) is 20.2 Å². The van der Waals surface area contributed by atoms with E-state index in [4.69, 9.17) is 5.11 Å². The molecule has 1 saturated carbocycles. The Balaban J connectivity index is 2.35. The molecule has 1 N–H and O–H groups in total. The van der Waals surface area contributed by atoms with Gasteiger partial charge in [0.25, 0.3) is 0 Å². The Morgan fingerprint density at radius 1 is 1.31 bits per heavy atom. The molecule has 0 bridgehead atoms. The van der Waals surface area contributed by atoms with Crippen LogP contribution in [0.5, 0.6) is 0 Å². The average molecular weight is 185 g/mol. The molecule has 0 radical (unpaired) electrons. The van der Waals surface area contributed by atoms with Crippen LogP contribution in [0.4, 0.5) is 0 Å². The van der Waals surface area contributed by atoms with E-state index in [-0.39, 0.29) is 12.0 Å². The van der Waals surface area contributed by atoms with Gasteiger partial charge in [-0.05, 0) is 19.9 Å². The molecule has 1 aliphatic rings. The van der Waals surface area contributed by atoms with Gasteiger partial charge in [-0.15, -0.1) is 0 Å². The smallest absolute Gasteiger partial charge is 0.0494 e. The van der Waals surface area contributed by atoms with Crippen molar-refractivity contribution in [3.63, 3.8) is 0 Å². The third-order valence-electron chi connectivity index (χ3n) is 3.05. The normalized spacial score (nSPS) is 20.1. The molecule has 1 fully saturated rings. The molecule has 0 aromatic carbocycles. The van der Waals surface area contributed by atoms with Crippen LogP contribution in [0, 0.1) is 5.41 Å². The first-order chi connectivity index (χ1) is 6.05. The van der Waals surface area contributed by atoms with Gasteiger partial charge in [0, 0.05) is 24.6 Å². The van der Waals surface area contributed by atoms with Crippen molar-refractivity contribution >= 4 is 0 Å². The number of aliphatic hydroxyl groups excluding tert-OH is 1. The highest BCUT2D eigenvalue weighted by Gasteiger charge is 2.25. The predicted molar refractivity (Wildman–Crippen MR) is 55.8 cm³/mol. The minimum Gasteiger partial charge on any atom is -0.396 e. The van der Waals surface area contributed by atoms with E-state index in [0.29, 0.717) is 0 Å². The van der Waals surface area contributed by atoms with Crippen molar-refractivity contribution in [3.8, 4) is 0 Å². The van der Waals surface area contributed by atoms with E-state index in [2.05, 4.69) is 25.8 Å². The molecule has 1 aliphatic carbocycles. The zero-order valence-corrected chi connectivity index (χ0v) is 9.21. The SMILES string of the molecule is CN(CC(C)(C)CO)C1CCCC1. The number of aliphatic hydroxyl groups is 1. The topological polar surface area (TPSA) is 23.5 Å². The Labute approximate surface area is 81.9 Å². The van der Waals surface area contributed by atoms with Crippen LogP contribution in [0.3, 0.4) is 0 Å². The molecule has 0 atom stereocenters. The minimum absolute atomic E-state index is 0.0529. The van der Waals surface area contributed by atoms with Gasteiger partial charge in [0.05, 0.1) is 0 Å². The van der Waals surface area contributed by atoms with Crippen LogP contribution in [0.15, 0.2) is 0 Å². The Morgan fingerprint density at radius 3 is 2.31 bits per heavy atom. The van der Waals surface area contributed by atoms with E-state index in [1.807, 2.05) is 0 Å². The summed E-state index contributed by atoms with van der Waals surface area (Å²) in [6, 6.07) is 0.769. The fourth-order valence-corrected chi connectivity index (χ4v) is 2.20. The van der Waals surface area contributed by atoms with Gasteiger partial charge in [0.1, 0.15) is 0 Å². The quantitative estimate of drug-likeness (QED) is 0.723. The molecule has 1 rings (SSSR count). The molecule has 0 amide bonds. The molecule has 2 nitrogen and oxygen atoms in total. The van der Waals surface area contributed by atoms with Gasteiger partial charge in [-0.3, -0.25) is 0 Å². The van der Waals surface area contributed by atoms with Gasteiger partial charge < -0.3 is 10.0 Å². The maximum absolute atomic E-state index is 9.16. The molecule has 0 aromatic rings. The molecule has 13 heavy (non-hydrogen) atoms. The first-order valence-corrected chi connectivity index (χ1v) is 5.36. The van der Waals surface area contributed by atoms with Gasteiger partial charge in [-0.2, -0.15) is 0 Å². The van der Waals surface area contributed by atoms with E-state index in [1.54, 1.807) is 0 Å². The second kappa shape index (κ2) is 4.43. The highest BCUT2D eigenvalue weighted by Crippen LogP contribution is 2.25. The molecule has 0 unspecified atom stereocenters. The number of hydrogen-bond acceptors (Lipinski definition) is 2. The van der Waals surface area contributed by atoms with Crippen LogP contribution in [-0.4, -0.2) is 36.2 Å². The van der Waals surface area contributed by atoms with E-state index >= 15 is 0 Å². The Morgan fingerprint density at radius 2 is 1.85 bits per heavy atom. The summed E-state index contributed by atoms with van der Waals surface area (Å²) < 4.78 is 0. The summed E-state index contributed by atoms with van der Waals surface area (Å²) in [6.45, 7) is 5.54. The predicted octanol–water partition coefficient (Wildman–Crippen LogP) is 1.88. The highest BCUT2D eigenvalue weighted by atomic mass is 16.3. The first kappa shape index (κ1) is 11.0. The van der Waals surface area contributed by atoms with Gasteiger partial charge in [0.15, 0.2) is 0 Å². The molecule has 0 spiro atoms. The van der Waals surface area contributed by atoms with Crippen LogP contribution in [0.25, 0.3) is 0 Å². The molecule has 78 valence electrons. The molecule has 2 heteroatoms. The highest BCUT2D eigenvalue weighted by molar-refractivity contribution is 4.79. The monoisotopic (exact) mass is 185 g/mol. The van der Waals surface area contributed by atoms with Gasteiger partial charge in [0.2, 0.25) is 0 Å². The lowest BCUT2D eigenvalue weighted by Gasteiger charge is -2.32. The van der Waals surface area contributed by atoms with Crippen molar-refractivity contribution in [2.24, 2.45) is 5.41 Å². The maximum atomic E-state index is 9.16. The van der Waals surface area contributed by atoms with Gasteiger partial charge >= 0.3 is 0 Å². The number of nitrogens with zero attached hydrogens (tertiary/aromatic N) is 1. The minimum atomic E-state index is 0.0529. The maximum Gasteiger partial charge on any atom is 0.0494 e. The zero-order valence-electron chi connectivity index (χ0n) is 9.21. The van der Waals surface area contributed by atoms with Gasteiger partial charge in [-0.25, -0.2) is 0 Å². The Bertz CT molecular complexity index is 150. The summed E-state index contributed by atoms with van der Waals surface area (Å²) in [4.78, 5) is 2.42. The molecule has 0 aromatic heterocycles. The summed E-state index contributed by atoms with van der Waals surface area (Å²) in [7, 11) is 2.19. The largest absolute Gasteiger partial charge is 0.396 e. The Kier molecular flexibility index (Phi) is 3.74. The van der Waals surface area contributed by atoms with Crippen LogP contribution in [-0.2, 0) is 0 Å². The summed E-state index contributed by atoms with van der Waals surface area (Å²) in [5.74, 6) is 0. The third kappa shape index (κ3) is 3.28. The lowest BCUT2D eigenvalue weighted by atomic mass is 9.93. The van der Waals surface area contributed by atoms with Crippen LogP contribution >= 0.6 is 0 Å². The van der Waals surface area contributed by atoms with E-state index in [1.165, 1.54) is 25.7 Å². The summed E-state index contributed by atoms with van der Waals surface area (Å²) in [5, 5.41) is 9.16. The molecule has 0 saturated heterocycles. The second-order valence-electron chi connectivity index (χ2n) is 5.18. The number of hydrogen-bond donors (Lipinski definition) is 1. The Hall–Kier alpha value is -0.0800. The summed E-state index contributed by atoms with van der Waals surface area (Å²) in [5.41, 5.74) is 0.0529. The third-order valence-corrected chi connectivity index (χ3v) is 3.05. The molecular formula is C11H23NO. The van der Waals surface area contributed by atoms with Crippen molar-refractivity contribution in [1.29, 1.82) is 0 Å². The average Bonchev–Trinajstić information content (AvgIpc) is 2.55. The first-order valence-electron chi connectivity index (χ1n) is 5.36. The summed E-state index contributed by atoms with van der Waals surface area (Å²) >= 11 is 0. The van der Waals surface area contributed by atoms with E-state index in [9.17, 15) is 0 Å². The van der Waals surface area contributed by atoms with Crippen LogP contribution in [0.2, 0.25) is 0 Å². The lowest BCUT2D eigenvalue weighted by Crippen LogP contribution is -2.39. The summed E-state index contributed by atoms with van der Waals surface area (Å²) in [6.07, 6.45) is 5.46. The molecular weight excluding hydrogens is 162 g/mol. The molecule has 0 heterocycles. The van der Waals surface area contributed by atoms with Crippen molar-refractivity contribution in [1.82, 2.24) is 4.90 Å². The van der Waals surface area contributed by atoms with Crippen LogP contribution in [0.1, 0.15) is 39.5 Å². The second-order valence-corrected chi connectivity index (χ2v) is 5.18. The van der Waals surface area contributed by atoms with E-state index in [0.717, 1.165) is 12.6 Å². The van der Waals surface area contributed by atoms with Crippen molar-refractivity contribution < 1.29 is 5.11 Å². The molecule has 0 aliphatic heterocycles.